The fourth-order valence-corrected chi connectivity index (χ4v) is 6.76. The molecule has 4 heterocycles. The Bertz CT molecular complexity index is 2110. The molecule has 2 aromatic heterocycles. The number of nitrogens with zero attached hydrogens (tertiary/aromatic N) is 4. The van der Waals surface area contributed by atoms with Crippen molar-refractivity contribution in [3.05, 3.63) is 107 Å². The SMILES string of the molecule is Cc1nc2n(n1)CC(=O)N[C@@H](CC(C)C)COc1ccc(cc1)C[C@@H](NC(=O)c1ccc3nc[nH]c3c1)C(=O)N[C@@H](Cc1ccccc1)C(=O)N[C@H]2C(C)C. The lowest BCUT2D eigenvalue weighted by Crippen LogP contribution is -2.55. The third-order valence-electron chi connectivity index (χ3n) is 9.50. The second-order valence-electron chi connectivity index (χ2n) is 14.9. The van der Waals surface area contributed by atoms with Crippen LogP contribution in [0.2, 0.25) is 0 Å². The Labute approximate surface area is 320 Å². The van der Waals surface area contributed by atoms with E-state index in [0.29, 0.717) is 40.4 Å². The number of aromatic amines is 1. The standard InChI is InChI=1S/C41H49N9O5/c1-24(2)17-30-22-55-31-14-11-28(12-15-31)19-34(46-39(52)29-13-16-32-33(20-29)43-23-42-32)40(53)47-35(18-27-9-7-6-8-10-27)41(54)48-37(25(3)4)38-44-26(5)49-50(38)21-36(51)45-30/h6-16,20,23-25,30,34-35,37H,17-19,21-22H2,1-5H3,(H,42,43)(H,45,51)(H,46,52)(H,47,53)(H,48,54)/t30-,34+,35-,37-/m0/s1. The van der Waals surface area contributed by atoms with Crippen molar-refractivity contribution < 1.29 is 23.9 Å². The Morgan fingerprint density at radius 3 is 2.44 bits per heavy atom. The summed E-state index contributed by atoms with van der Waals surface area (Å²) in [5.41, 5.74) is 3.33. The quantitative estimate of drug-likeness (QED) is 0.166. The van der Waals surface area contributed by atoms with Gasteiger partial charge in [-0.05, 0) is 66.6 Å². The molecule has 7 rings (SSSR count). The first kappa shape index (κ1) is 38.7. The van der Waals surface area contributed by atoms with Gasteiger partial charge in [-0.2, -0.15) is 5.10 Å². The largest absolute Gasteiger partial charge is 0.491 e. The molecule has 0 spiro atoms. The van der Waals surface area contributed by atoms with Gasteiger partial charge in [0.15, 0.2) is 5.82 Å². The van der Waals surface area contributed by atoms with Crippen LogP contribution in [0.25, 0.3) is 11.0 Å². The van der Waals surface area contributed by atoms with Crippen LogP contribution >= 0.6 is 0 Å². The number of hydrogen-bond donors (Lipinski definition) is 5. The van der Waals surface area contributed by atoms with Crippen LogP contribution < -0.4 is 26.0 Å². The zero-order valence-electron chi connectivity index (χ0n) is 31.8. The number of aromatic nitrogens is 5. The van der Waals surface area contributed by atoms with Crippen molar-refractivity contribution in [2.45, 2.75) is 84.6 Å². The average molecular weight is 748 g/mol. The van der Waals surface area contributed by atoms with E-state index >= 15 is 0 Å². The van der Waals surface area contributed by atoms with Gasteiger partial charge < -0.3 is 31.0 Å². The van der Waals surface area contributed by atoms with E-state index in [1.165, 1.54) is 4.68 Å². The lowest BCUT2D eigenvalue weighted by molar-refractivity contribution is -0.130. The first-order chi connectivity index (χ1) is 26.4. The number of aryl methyl sites for hydroxylation is 1. The van der Waals surface area contributed by atoms with Crippen LogP contribution in [0.5, 0.6) is 5.75 Å². The number of hydrogen-bond acceptors (Lipinski definition) is 8. The molecule has 2 aliphatic rings. The number of amides is 4. The number of rotatable bonds is 7. The van der Waals surface area contributed by atoms with Crippen molar-refractivity contribution in [1.82, 2.24) is 46.0 Å². The summed E-state index contributed by atoms with van der Waals surface area (Å²) >= 11 is 0. The Kier molecular flexibility index (Phi) is 12.2. The van der Waals surface area contributed by atoms with Gasteiger partial charge in [-0.1, -0.05) is 70.2 Å². The molecule has 0 aliphatic carbocycles. The van der Waals surface area contributed by atoms with Gasteiger partial charge in [-0.25, -0.2) is 14.6 Å². The van der Waals surface area contributed by atoms with E-state index in [0.717, 1.165) is 11.1 Å². The zero-order valence-corrected chi connectivity index (χ0v) is 31.8. The molecular weight excluding hydrogens is 699 g/mol. The van der Waals surface area contributed by atoms with Gasteiger partial charge in [-0.3, -0.25) is 19.2 Å². The number of carbonyl (C=O) groups is 4. The third kappa shape index (κ3) is 10.1. The van der Waals surface area contributed by atoms with E-state index in [4.69, 9.17) is 4.74 Å². The molecule has 5 N–H and O–H groups in total. The smallest absolute Gasteiger partial charge is 0.252 e. The Balaban J connectivity index is 1.36. The normalized spacial score (nSPS) is 20.0. The highest BCUT2D eigenvalue weighted by Crippen LogP contribution is 2.22. The van der Waals surface area contributed by atoms with Gasteiger partial charge in [0.05, 0.1) is 29.4 Å². The van der Waals surface area contributed by atoms with Crippen LogP contribution in [0.3, 0.4) is 0 Å². The number of carbonyl (C=O) groups excluding carboxylic acids is 4. The minimum atomic E-state index is -1.05. The fraction of sp³-hybridized carbons (Fsp3) is 0.390. The Hall–Kier alpha value is -6.05. The highest BCUT2D eigenvalue weighted by Gasteiger charge is 2.32. The first-order valence-electron chi connectivity index (χ1n) is 18.7. The van der Waals surface area contributed by atoms with Crippen LogP contribution in [0.15, 0.2) is 79.1 Å². The summed E-state index contributed by atoms with van der Waals surface area (Å²) in [6.45, 7) is 9.90. The van der Waals surface area contributed by atoms with Gasteiger partial charge in [0.1, 0.15) is 36.8 Å². The lowest BCUT2D eigenvalue weighted by Gasteiger charge is -2.27. The summed E-state index contributed by atoms with van der Waals surface area (Å²) in [6, 6.07) is 18.7. The highest BCUT2D eigenvalue weighted by molar-refractivity contribution is 6.00. The van der Waals surface area contributed by atoms with E-state index in [-0.39, 0.29) is 49.8 Å². The van der Waals surface area contributed by atoms with Gasteiger partial charge in [0.25, 0.3) is 5.91 Å². The van der Waals surface area contributed by atoms with Crippen LogP contribution in [-0.4, -0.2) is 73.1 Å². The number of imidazole rings is 1. The van der Waals surface area contributed by atoms with Crippen LogP contribution in [0.1, 0.15) is 73.3 Å². The molecule has 14 nitrogen and oxygen atoms in total. The summed E-state index contributed by atoms with van der Waals surface area (Å²) in [4.78, 5) is 67.8. The molecule has 288 valence electrons. The number of benzene rings is 3. The van der Waals surface area contributed by atoms with Crippen molar-refractivity contribution >= 4 is 34.7 Å². The second-order valence-corrected chi connectivity index (χ2v) is 14.9. The molecule has 4 amide bonds. The number of ether oxygens (including phenoxy) is 1. The maximum Gasteiger partial charge on any atom is 0.252 e. The third-order valence-corrected chi connectivity index (χ3v) is 9.50. The van der Waals surface area contributed by atoms with Crippen molar-refractivity contribution in [2.75, 3.05) is 6.61 Å². The Morgan fingerprint density at radius 2 is 1.71 bits per heavy atom. The topological polar surface area (TPSA) is 185 Å². The van der Waals surface area contributed by atoms with Gasteiger partial charge in [-0.15, -0.1) is 0 Å². The number of fused-ring (bicyclic) bond motifs is 15. The van der Waals surface area contributed by atoms with Crippen molar-refractivity contribution in [1.29, 1.82) is 0 Å². The molecule has 0 saturated heterocycles. The molecule has 0 unspecified atom stereocenters. The molecule has 3 aromatic carbocycles. The molecule has 4 atom stereocenters. The van der Waals surface area contributed by atoms with Gasteiger partial charge >= 0.3 is 0 Å². The van der Waals surface area contributed by atoms with Crippen LogP contribution in [0.4, 0.5) is 0 Å². The zero-order chi connectivity index (χ0) is 39.1. The first-order valence-corrected chi connectivity index (χ1v) is 18.7. The predicted octanol–water partition coefficient (Wildman–Crippen LogP) is 3.97. The van der Waals surface area contributed by atoms with Gasteiger partial charge in [0, 0.05) is 18.4 Å². The molecule has 14 heteroatoms. The molecule has 55 heavy (non-hydrogen) atoms. The van der Waals surface area contributed by atoms with E-state index in [1.807, 2.05) is 56.3 Å². The van der Waals surface area contributed by atoms with Crippen LogP contribution in [-0.2, 0) is 33.8 Å². The lowest BCUT2D eigenvalue weighted by atomic mass is 9.99. The van der Waals surface area contributed by atoms with E-state index in [1.54, 1.807) is 43.6 Å². The summed E-state index contributed by atoms with van der Waals surface area (Å²) in [6.07, 6.45) is 2.55. The molecule has 0 radical (unpaired) electrons. The molecule has 0 fully saturated rings. The predicted molar refractivity (Wildman–Crippen MR) is 207 cm³/mol. The second kappa shape index (κ2) is 17.4. The van der Waals surface area contributed by atoms with Crippen molar-refractivity contribution in [2.24, 2.45) is 11.8 Å². The highest BCUT2D eigenvalue weighted by atomic mass is 16.5. The number of nitrogens with one attached hydrogen (secondary N) is 5. The van der Waals surface area contributed by atoms with Crippen molar-refractivity contribution in [3.8, 4) is 5.75 Å². The van der Waals surface area contributed by atoms with Crippen LogP contribution in [0, 0.1) is 18.8 Å². The van der Waals surface area contributed by atoms with Crippen molar-refractivity contribution in [3.63, 3.8) is 0 Å². The van der Waals surface area contributed by atoms with Gasteiger partial charge in [0.2, 0.25) is 17.7 Å². The maximum atomic E-state index is 14.4. The molecule has 5 aromatic rings. The van der Waals surface area contributed by atoms with E-state index in [2.05, 4.69) is 55.2 Å². The van der Waals surface area contributed by atoms with E-state index < -0.39 is 35.8 Å². The summed E-state index contributed by atoms with van der Waals surface area (Å²) < 4.78 is 7.68. The van der Waals surface area contributed by atoms with E-state index in [9.17, 15) is 19.2 Å². The molecule has 0 saturated carbocycles. The maximum absolute atomic E-state index is 14.4. The minimum absolute atomic E-state index is 0.114. The minimum Gasteiger partial charge on any atom is -0.491 e. The summed E-state index contributed by atoms with van der Waals surface area (Å²) in [5, 5.41) is 16.6. The Morgan fingerprint density at radius 1 is 0.945 bits per heavy atom. The summed E-state index contributed by atoms with van der Waals surface area (Å²) in [5.74, 6) is -0.109. The molecule has 2 bridgehead atoms. The summed E-state index contributed by atoms with van der Waals surface area (Å²) in [7, 11) is 0. The molecular formula is C41H49N9O5. The monoisotopic (exact) mass is 747 g/mol. The fourth-order valence-electron chi connectivity index (χ4n) is 6.76. The average Bonchev–Trinajstić information content (AvgIpc) is 3.77. The number of H-pyrrole nitrogens is 1. The molecule has 2 aliphatic heterocycles.